The summed E-state index contributed by atoms with van der Waals surface area (Å²) >= 11 is 0. The molecule has 1 amide bonds. The number of rotatable bonds is 4. The number of furan rings is 1. The van der Waals surface area contributed by atoms with Crippen molar-refractivity contribution in [1.29, 1.82) is 0 Å². The molecular formula is C17H21N3O4S. The van der Waals surface area contributed by atoms with Crippen molar-refractivity contribution in [3.63, 3.8) is 0 Å². The van der Waals surface area contributed by atoms with Gasteiger partial charge in [0.1, 0.15) is 5.76 Å². The van der Waals surface area contributed by atoms with Crippen molar-refractivity contribution < 1.29 is 17.6 Å². The number of carbonyl (C=O) groups is 1. The van der Waals surface area contributed by atoms with E-state index in [2.05, 4.69) is 10.2 Å². The lowest BCUT2D eigenvalue weighted by molar-refractivity contribution is 0.0995. The Bertz CT molecular complexity index is 868. The number of carbonyl (C=O) groups excluding carboxylic acids is 1. The summed E-state index contributed by atoms with van der Waals surface area (Å²) in [6, 6.07) is 9.56. The van der Waals surface area contributed by atoms with Crippen LogP contribution >= 0.6 is 0 Å². The summed E-state index contributed by atoms with van der Waals surface area (Å²) < 4.78 is 32.3. The fourth-order valence-electron chi connectivity index (χ4n) is 2.66. The van der Waals surface area contributed by atoms with Gasteiger partial charge in [-0.3, -0.25) is 4.79 Å². The number of likely N-dealkylation sites (N-methyl/N-ethyl adjacent to an activating group) is 1. The van der Waals surface area contributed by atoms with E-state index in [0.717, 1.165) is 0 Å². The second-order valence-corrected chi connectivity index (χ2v) is 8.04. The number of amides is 1. The molecule has 1 saturated heterocycles. The maximum atomic E-state index is 12.8. The standard InChI is InChI=1S/C17H21N3O4S/c1-13-6-7-16(24-13)17(21)18-14-4-3-5-15(12-14)25(22,23)20-10-8-19(2)9-11-20/h3-7,12H,8-11H2,1-2H3,(H,18,21). The zero-order valence-corrected chi connectivity index (χ0v) is 15.0. The number of hydrogen-bond donors (Lipinski definition) is 1. The van der Waals surface area contributed by atoms with Crippen LogP contribution in [0.5, 0.6) is 0 Å². The molecule has 134 valence electrons. The van der Waals surface area contributed by atoms with Crippen LogP contribution in [-0.4, -0.2) is 56.8 Å². The van der Waals surface area contributed by atoms with E-state index in [9.17, 15) is 13.2 Å². The van der Waals surface area contributed by atoms with E-state index in [0.29, 0.717) is 37.6 Å². The first kappa shape index (κ1) is 17.7. The second-order valence-electron chi connectivity index (χ2n) is 6.10. The van der Waals surface area contributed by atoms with Crippen LogP contribution in [0.4, 0.5) is 5.69 Å². The van der Waals surface area contributed by atoms with Gasteiger partial charge in [-0.05, 0) is 44.3 Å². The first-order chi connectivity index (χ1) is 11.9. The van der Waals surface area contributed by atoms with Crippen molar-refractivity contribution in [1.82, 2.24) is 9.21 Å². The summed E-state index contributed by atoms with van der Waals surface area (Å²) in [6.45, 7) is 4.07. The van der Waals surface area contributed by atoms with Crippen molar-refractivity contribution in [3.8, 4) is 0 Å². The number of anilines is 1. The number of sulfonamides is 1. The van der Waals surface area contributed by atoms with E-state index in [4.69, 9.17) is 4.42 Å². The van der Waals surface area contributed by atoms with Gasteiger partial charge >= 0.3 is 0 Å². The molecule has 2 aromatic rings. The third-order valence-corrected chi connectivity index (χ3v) is 6.05. The molecule has 0 aliphatic carbocycles. The molecule has 0 atom stereocenters. The van der Waals surface area contributed by atoms with Gasteiger partial charge in [-0.15, -0.1) is 0 Å². The number of nitrogens with one attached hydrogen (secondary N) is 1. The van der Waals surface area contributed by atoms with E-state index in [1.165, 1.54) is 10.4 Å². The first-order valence-electron chi connectivity index (χ1n) is 8.03. The summed E-state index contributed by atoms with van der Waals surface area (Å²) in [5.74, 6) is 0.406. The highest BCUT2D eigenvalue weighted by atomic mass is 32.2. The monoisotopic (exact) mass is 363 g/mol. The molecule has 1 fully saturated rings. The number of piperazine rings is 1. The SMILES string of the molecule is Cc1ccc(C(=O)Nc2cccc(S(=O)(=O)N3CCN(C)CC3)c2)o1. The molecule has 25 heavy (non-hydrogen) atoms. The second kappa shape index (κ2) is 6.99. The molecule has 0 radical (unpaired) electrons. The zero-order valence-electron chi connectivity index (χ0n) is 14.2. The first-order valence-corrected chi connectivity index (χ1v) is 9.47. The Balaban J connectivity index is 1.78. The molecule has 0 saturated carbocycles. The van der Waals surface area contributed by atoms with Gasteiger partial charge in [0.15, 0.2) is 5.76 Å². The van der Waals surface area contributed by atoms with Crippen LogP contribution in [0.1, 0.15) is 16.3 Å². The largest absolute Gasteiger partial charge is 0.456 e. The average Bonchev–Trinajstić information content (AvgIpc) is 3.02. The van der Waals surface area contributed by atoms with Crippen molar-refractivity contribution in [2.24, 2.45) is 0 Å². The molecule has 1 aliphatic rings. The normalized spacial score (nSPS) is 16.7. The van der Waals surface area contributed by atoms with Crippen LogP contribution in [0.2, 0.25) is 0 Å². The van der Waals surface area contributed by atoms with Crippen LogP contribution in [-0.2, 0) is 10.0 Å². The lowest BCUT2D eigenvalue weighted by Crippen LogP contribution is -2.47. The zero-order chi connectivity index (χ0) is 18.0. The van der Waals surface area contributed by atoms with Gasteiger partial charge in [0.05, 0.1) is 4.90 Å². The highest BCUT2D eigenvalue weighted by Gasteiger charge is 2.27. The van der Waals surface area contributed by atoms with Crippen molar-refractivity contribution in [3.05, 3.63) is 47.9 Å². The number of nitrogens with zero attached hydrogens (tertiary/aromatic N) is 2. The van der Waals surface area contributed by atoms with Gasteiger partial charge in [0, 0.05) is 31.9 Å². The smallest absolute Gasteiger partial charge is 0.291 e. The lowest BCUT2D eigenvalue weighted by atomic mass is 10.3. The third-order valence-electron chi connectivity index (χ3n) is 4.16. The van der Waals surface area contributed by atoms with E-state index in [-0.39, 0.29) is 10.7 Å². The van der Waals surface area contributed by atoms with Crippen LogP contribution < -0.4 is 5.32 Å². The van der Waals surface area contributed by atoms with Crippen LogP contribution in [0.25, 0.3) is 0 Å². The van der Waals surface area contributed by atoms with Gasteiger partial charge in [-0.2, -0.15) is 4.31 Å². The van der Waals surface area contributed by atoms with Gasteiger partial charge in [0.25, 0.3) is 5.91 Å². The third kappa shape index (κ3) is 3.92. The van der Waals surface area contributed by atoms with E-state index >= 15 is 0 Å². The van der Waals surface area contributed by atoms with E-state index < -0.39 is 15.9 Å². The Morgan fingerprint density at radius 1 is 1.12 bits per heavy atom. The predicted molar refractivity (Wildman–Crippen MR) is 94.1 cm³/mol. The summed E-state index contributed by atoms with van der Waals surface area (Å²) in [5, 5.41) is 2.67. The summed E-state index contributed by atoms with van der Waals surface area (Å²) in [6.07, 6.45) is 0. The highest BCUT2D eigenvalue weighted by Crippen LogP contribution is 2.21. The minimum Gasteiger partial charge on any atom is -0.456 e. The van der Waals surface area contributed by atoms with Crippen LogP contribution in [0, 0.1) is 6.92 Å². The Labute approximate surface area is 147 Å². The van der Waals surface area contributed by atoms with Gasteiger partial charge < -0.3 is 14.6 Å². The molecule has 8 heteroatoms. The quantitative estimate of drug-likeness (QED) is 0.895. The predicted octanol–water partition coefficient (Wildman–Crippen LogP) is 1.78. The van der Waals surface area contributed by atoms with E-state index in [1.807, 2.05) is 7.05 Å². The number of benzene rings is 1. The average molecular weight is 363 g/mol. The minimum atomic E-state index is -3.57. The molecule has 2 heterocycles. The maximum Gasteiger partial charge on any atom is 0.291 e. The fourth-order valence-corrected chi connectivity index (χ4v) is 4.13. The van der Waals surface area contributed by atoms with Crippen LogP contribution in [0.15, 0.2) is 45.7 Å². The lowest BCUT2D eigenvalue weighted by Gasteiger charge is -2.31. The molecule has 1 aromatic heterocycles. The van der Waals surface area contributed by atoms with E-state index in [1.54, 1.807) is 37.3 Å². The molecule has 3 rings (SSSR count). The highest BCUT2D eigenvalue weighted by molar-refractivity contribution is 7.89. The molecule has 0 spiro atoms. The Hall–Kier alpha value is -2.16. The molecule has 0 bridgehead atoms. The molecule has 7 nitrogen and oxygen atoms in total. The number of hydrogen-bond acceptors (Lipinski definition) is 5. The van der Waals surface area contributed by atoms with Gasteiger partial charge in [0.2, 0.25) is 10.0 Å². The summed E-state index contributed by atoms with van der Waals surface area (Å²) in [5.41, 5.74) is 0.411. The number of aryl methyl sites for hydroxylation is 1. The molecule has 0 unspecified atom stereocenters. The maximum absolute atomic E-state index is 12.8. The Morgan fingerprint density at radius 3 is 2.48 bits per heavy atom. The summed E-state index contributed by atoms with van der Waals surface area (Å²) in [7, 11) is -1.60. The van der Waals surface area contributed by atoms with Crippen molar-refractivity contribution >= 4 is 21.6 Å². The Kier molecular flexibility index (Phi) is 4.94. The van der Waals surface area contributed by atoms with Gasteiger partial charge in [-0.25, -0.2) is 8.42 Å². The molecule has 1 N–H and O–H groups in total. The molecule has 1 aromatic carbocycles. The van der Waals surface area contributed by atoms with Crippen molar-refractivity contribution in [2.45, 2.75) is 11.8 Å². The molecule has 1 aliphatic heterocycles. The summed E-state index contributed by atoms with van der Waals surface area (Å²) in [4.78, 5) is 14.4. The Morgan fingerprint density at radius 2 is 1.84 bits per heavy atom. The fraction of sp³-hybridized carbons (Fsp3) is 0.353. The topological polar surface area (TPSA) is 82.9 Å². The van der Waals surface area contributed by atoms with Crippen LogP contribution in [0.3, 0.4) is 0 Å². The minimum absolute atomic E-state index is 0.172. The van der Waals surface area contributed by atoms with Crippen molar-refractivity contribution in [2.75, 3.05) is 38.5 Å². The van der Waals surface area contributed by atoms with Gasteiger partial charge in [-0.1, -0.05) is 6.07 Å². The molecular weight excluding hydrogens is 342 g/mol.